The van der Waals surface area contributed by atoms with E-state index in [2.05, 4.69) is 30.9 Å². The summed E-state index contributed by atoms with van der Waals surface area (Å²) in [5, 5.41) is 0. The van der Waals surface area contributed by atoms with Crippen molar-refractivity contribution in [2.75, 3.05) is 26.2 Å². The summed E-state index contributed by atoms with van der Waals surface area (Å²) in [7, 11) is 0. The molecule has 3 rings (SSSR count). The van der Waals surface area contributed by atoms with Crippen molar-refractivity contribution in [2.45, 2.75) is 51.6 Å². The minimum atomic E-state index is -0.632. The highest BCUT2D eigenvalue weighted by molar-refractivity contribution is 6.07. The number of benzene rings is 1. The SMILES string of the molecule is CCN1C(=O)N(CCc2ccccc2)C2(CCN(C(C)C)CC2)C1=O. The molecule has 1 aromatic carbocycles. The van der Waals surface area contributed by atoms with Gasteiger partial charge in [0, 0.05) is 32.2 Å². The van der Waals surface area contributed by atoms with Gasteiger partial charge in [-0.05, 0) is 45.6 Å². The highest BCUT2D eigenvalue weighted by Gasteiger charge is 2.57. The molecule has 2 aliphatic heterocycles. The molecule has 0 aliphatic carbocycles. The lowest BCUT2D eigenvalue weighted by Crippen LogP contribution is -2.57. The first-order valence-electron chi connectivity index (χ1n) is 9.41. The first-order chi connectivity index (χ1) is 12.0. The quantitative estimate of drug-likeness (QED) is 0.772. The minimum absolute atomic E-state index is 0.0106. The summed E-state index contributed by atoms with van der Waals surface area (Å²) in [4.78, 5) is 31.6. The van der Waals surface area contributed by atoms with Gasteiger partial charge in [0.1, 0.15) is 5.54 Å². The maximum Gasteiger partial charge on any atom is 0.327 e. The van der Waals surface area contributed by atoms with Crippen LogP contribution in [0.15, 0.2) is 30.3 Å². The van der Waals surface area contributed by atoms with Crippen molar-refractivity contribution in [1.82, 2.24) is 14.7 Å². The maximum absolute atomic E-state index is 13.1. The molecule has 0 saturated carbocycles. The molecule has 5 nitrogen and oxygen atoms in total. The summed E-state index contributed by atoms with van der Waals surface area (Å²) in [6.45, 7) is 9.05. The molecule has 0 unspecified atom stereocenters. The van der Waals surface area contributed by atoms with Gasteiger partial charge in [-0.2, -0.15) is 0 Å². The molecule has 2 aliphatic rings. The number of hydrogen-bond acceptors (Lipinski definition) is 3. The summed E-state index contributed by atoms with van der Waals surface area (Å²) < 4.78 is 0. The van der Waals surface area contributed by atoms with Gasteiger partial charge in [-0.1, -0.05) is 30.3 Å². The van der Waals surface area contributed by atoms with Crippen molar-refractivity contribution in [3.63, 3.8) is 0 Å². The summed E-state index contributed by atoms with van der Waals surface area (Å²) in [6, 6.07) is 10.5. The number of rotatable bonds is 5. The fraction of sp³-hybridized carbons (Fsp3) is 0.600. The number of carbonyl (C=O) groups excluding carboxylic acids is 2. The van der Waals surface area contributed by atoms with Gasteiger partial charge in [0.2, 0.25) is 0 Å². The number of urea groups is 1. The Morgan fingerprint density at radius 1 is 1.08 bits per heavy atom. The Morgan fingerprint density at radius 2 is 1.72 bits per heavy atom. The number of likely N-dealkylation sites (tertiary alicyclic amines) is 1. The van der Waals surface area contributed by atoms with Gasteiger partial charge in [0.15, 0.2) is 0 Å². The molecular formula is C20H29N3O2. The number of piperidine rings is 1. The molecule has 1 aromatic rings. The second-order valence-electron chi connectivity index (χ2n) is 7.38. The Kier molecular flexibility index (Phi) is 5.13. The van der Waals surface area contributed by atoms with E-state index < -0.39 is 5.54 Å². The topological polar surface area (TPSA) is 43.9 Å². The average Bonchev–Trinajstić information content (AvgIpc) is 2.81. The van der Waals surface area contributed by atoms with Crippen molar-refractivity contribution in [2.24, 2.45) is 0 Å². The first-order valence-corrected chi connectivity index (χ1v) is 9.41. The predicted octanol–water partition coefficient (Wildman–Crippen LogP) is 2.76. The van der Waals surface area contributed by atoms with Crippen LogP contribution in [-0.2, 0) is 11.2 Å². The molecule has 0 atom stereocenters. The largest absolute Gasteiger partial charge is 0.327 e. The molecule has 0 bridgehead atoms. The third-order valence-corrected chi connectivity index (χ3v) is 5.76. The molecule has 25 heavy (non-hydrogen) atoms. The van der Waals surface area contributed by atoms with Crippen molar-refractivity contribution in [1.29, 1.82) is 0 Å². The van der Waals surface area contributed by atoms with Gasteiger partial charge in [0.25, 0.3) is 5.91 Å². The number of imide groups is 1. The predicted molar refractivity (Wildman–Crippen MR) is 98.3 cm³/mol. The van der Waals surface area contributed by atoms with Crippen LogP contribution in [0.25, 0.3) is 0 Å². The number of carbonyl (C=O) groups is 2. The third kappa shape index (κ3) is 3.17. The zero-order chi connectivity index (χ0) is 18.0. The van der Waals surface area contributed by atoms with E-state index in [4.69, 9.17) is 0 Å². The van der Waals surface area contributed by atoms with Crippen LogP contribution in [0.5, 0.6) is 0 Å². The second-order valence-corrected chi connectivity index (χ2v) is 7.38. The molecule has 2 saturated heterocycles. The van der Waals surface area contributed by atoms with E-state index in [1.165, 1.54) is 10.5 Å². The van der Waals surface area contributed by atoms with Crippen LogP contribution in [0, 0.1) is 0 Å². The lowest BCUT2D eigenvalue weighted by Gasteiger charge is -2.43. The zero-order valence-corrected chi connectivity index (χ0v) is 15.6. The molecule has 0 aromatic heterocycles. The van der Waals surface area contributed by atoms with Gasteiger partial charge < -0.3 is 9.80 Å². The van der Waals surface area contributed by atoms with Gasteiger partial charge >= 0.3 is 6.03 Å². The summed E-state index contributed by atoms with van der Waals surface area (Å²) in [5.74, 6) is 0.0106. The van der Waals surface area contributed by atoms with Crippen LogP contribution in [0.2, 0.25) is 0 Å². The third-order valence-electron chi connectivity index (χ3n) is 5.76. The van der Waals surface area contributed by atoms with Crippen LogP contribution >= 0.6 is 0 Å². The standard InChI is InChI=1S/C20H29N3O2/c1-4-22-18(24)20(11-14-21(15-12-20)16(2)3)23(19(22)25)13-10-17-8-6-5-7-9-17/h5-9,16H,4,10-15H2,1-3H3. The molecule has 0 radical (unpaired) electrons. The molecule has 2 fully saturated rings. The van der Waals surface area contributed by atoms with E-state index in [1.807, 2.05) is 30.0 Å². The van der Waals surface area contributed by atoms with Crippen molar-refractivity contribution in [3.05, 3.63) is 35.9 Å². The van der Waals surface area contributed by atoms with Gasteiger partial charge in [-0.25, -0.2) is 4.79 Å². The fourth-order valence-corrected chi connectivity index (χ4v) is 4.15. The number of nitrogens with zero attached hydrogens (tertiary/aromatic N) is 3. The van der Waals surface area contributed by atoms with Gasteiger partial charge in [-0.15, -0.1) is 0 Å². The number of hydrogen-bond donors (Lipinski definition) is 0. The van der Waals surface area contributed by atoms with E-state index in [0.717, 1.165) is 32.4 Å². The van der Waals surface area contributed by atoms with Gasteiger partial charge in [0.05, 0.1) is 0 Å². The lowest BCUT2D eigenvalue weighted by molar-refractivity contribution is -0.135. The van der Waals surface area contributed by atoms with E-state index in [0.29, 0.717) is 19.1 Å². The Hall–Kier alpha value is -1.88. The molecule has 5 heteroatoms. The number of amides is 3. The van der Waals surface area contributed by atoms with E-state index in [9.17, 15) is 9.59 Å². The maximum atomic E-state index is 13.1. The smallest absolute Gasteiger partial charge is 0.309 e. The lowest BCUT2D eigenvalue weighted by atomic mass is 9.85. The Balaban J connectivity index is 1.80. The van der Waals surface area contributed by atoms with Crippen LogP contribution in [0.3, 0.4) is 0 Å². The Morgan fingerprint density at radius 3 is 2.28 bits per heavy atom. The first kappa shape index (κ1) is 17.9. The Bertz CT molecular complexity index is 621. The normalized spacial score (nSPS) is 21.0. The highest BCUT2D eigenvalue weighted by atomic mass is 16.2. The van der Waals surface area contributed by atoms with Crippen LogP contribution in [-0.4, -0.2) is 64.4 Å². The fourth-order valence-electron chi connectivity index (χ4n) is 4.15. The molecule has 2 heterocycles. The molecule has 1 spiro atoms. The highest BCUT2D eigenvalue weighted by Crippen LogP contribution is 2.37. The van der Waals surface area contributed by atoms with E-state index in [1.54, 1.807) is 0 Å². The monoisotopic (exact) mass is 343 g/mol. The van der Waals surface area contributed by atoms with E-state index >= 15 is 0 Å². The minimum Gasteiger partial charge on any atom is -0.309 e. The summed E-state index contributed by atoms with van der Waals surface area (Å²) in [5.41, 5.74) is 0.570. The molecular weight excluding hydrogens is 314 g/mol. The van der Waals surface area contributed by atoms with Crippen molar-refractivity contribution >= 4 is 11.9 Å². The molecule has 3 amide bonds. The van der Waals surface area contributed by atoms with Crippen LogP contribution in [0.1, 0.15) is 39.2 Å². The summed E-state index contributed by atoms with van der Waals surface area (Å²) >= 11 is 0. The molecule has 136 valence electrons. The second kappa shape index (κ2) is 7.16. The van der Waals surface area contributed by atoms with Crippen LogP contribution < -0.4 is 0 Å². The summed E-state index contributed by atoms with van der Waals surface area (Å²) in [6.07, 6.45) is 2.26. The number of likely N-dealkylation sites (N-methyl/N-ethyl adjacent to an activating group) is 1. The van der Waals surface area contributed by atoms with Crippen molar-refractivity contribution in [3.8, 4) is 0 Å². The van der Waals surface area contributed by atoms with Crippen LogP contribution in [0.4, 0.5) is 4.79 Å². The average molecular weight is 343 g/mol. The zero-order valence-electron chi connectivity index (χ0n) is 15.6. The Labute approximate surface area is 150 Å². The van der Waals surface area contributed by atoms with Gasteiger partial charge in [-0.3, -0.25) is 9.69 Å². The van der Waals surface area contributed by atoms with Crippen molar-refractivity contribution < 1.29 is 9.59 Å². The van der Waals surface area contributed by atoms with E-state index in [-0.39, 0.29) is 11.9 Å². The molecule has 0 N–H and O–H groups in total.